The summed E-state index contributed by atoms with van der Waals surface area (Å²) in [5.74, 6) is -0.517. The first-order valence-electron chi connectivity index (χ1n) is 10.5. The molecule has 1 N–H and O–H groups in total. The highest BCUT2D eigenvalue weighted by atomic mass is 19.1. The molecular weight excluding hydrogens is 439 g/mol. The van der Waals surface area contributed by atoms with Crippen LogP contribution in [-0.4, -0.2) is 57.3 Å². The highest BCUT2D eigenvalue weighted by Gasteiger charge is 2.24. The van der Waals surface area contributed by atoms with Gasteiger partial charge in [-0.1, -0.05) is 0 Å². The minimum atomic E-state index is -0.560. The van der Waals surface area contributed by atoms with Crippen LogP contribution < -0.4 is 4.74 Å². The number of nitrogens with zero attached hydrogens (tertiary/aromatic N) is 5. The Hall–Kier alpha value is -4.36. The lowest BCUT2D eigenvalue weighted by Crippen LogP contribution is -2.38. The van der Waals surface area contributed by atoms with E-state index in [2.05, 4.69) is 20.2 Å². The van der Waals surface area contributed by atoms with E-state index in [9.17, 15) is 14.4 Å². The predicted octanol–water partition coefficient (Wildman–Crippen LogP) is 3.08. The van der Waals surface area contributed by atoms with E-state index >= 15 is 0 Å². The quantitative estimate of drug-likeness (QED) is 0.472. The third-order valence-corrected chi connectivity index (χ3v) is 5.49. The number of amides is 1. The zero-order valence-corrected chi connectivity index (χ0v) is 18.2. The first-order valence-corrected chi connectivity index (χ1v) is 10.5. The van der Waals surface area contributed by atoms with Crippen molar-refractivity contribution in [2.75, 3.05) is 20.3 Å². The van der Waals surface area contributed by atoms with Crippen LogP contribution in [0, 0.1) is 17.1 Å². The number of aromatic nitrogens is 4. The molecule has 0 unspecified atom stereocenters. The van der Waals surface area contributed by atoms with Gasteiger partial charge in [0.25, 0.3) is 5.91 Å². The number of ether oxygens (including phenoxy) is 2. The Morgan fingerprint density at radius 3 is 2.88 bits per heavy atom. The van der Waals surface area contributed by atoms with Gasteiger partial charge in [-0.25, -0.2) is 4.39 Å². The fourth-order valence-corrected chi connectivity index (χ4v) is 3.71. The van der Waals surface area contributed by atoms with Gasteiger partial charge in [-0.15, -0.1) is 0 Å². The summed E-state index contributed by atoms with van der Waals surface area (Å²) >= 11 is 0. The van der Waals surface area contributed by atoms with Crippen molar-refractivity contribution in [3.05, 3.63) is 71.6 Å². The molecule has 5 rings (SSSR count). The zero-order valence-electron chi connectivity index (χ0n) is 18.2. The largest absolute Gasteiger partial charge is 0.483 e. The number of aromatic amines is 1. The van der Waals surface area contributed by atoms with Gasteiger partial charge in [-0.2, -0.15) is 10.4 Å². The minimum Gasteiger partial charge on any atom is -0.483 e. The summed E-state index contributed by atoms with van der Waals surface area (Å²) in [6.45, 7) is 1.12. The maximum Gasteiger partial charge on any atom is 0.255 e. The molecule has 0 radical (unpaired) electrons. The number of hydrogen-bond donors (Lipinski definition) is 1. The van der Waals surface area contributed by atoms with Crippen LogP contribution in [0.4, 0.5) is 4.39 Å². The molecule has 1 fully saturated rings. The molecule has 0 bridgehead atoms. The van der Waals surface area contributed by atoms with Crippen LogP contribution in [0.1, 0.15) is 21.5 Å². The van der Waals surface area contributed by atoms with Crippen molar-refractivity contribution in [3.63, 3.8) is 0 Å². The summed E-state index contributed by atoms with van der Waals surface area (Å²) in [5, 5.41) is 17.0. The van der Waals surface area contributed by atoms with E-state index in [0.717, 1.165) is 22.5 Å². The number of carbonyl (C=O) groups is 1. The van der Waals surface area contributed by atoms with Crippen molar-refractivity contribution in [1.29, 1.82) is 5.26 Å². The predicted molar refractivity (Wildman–Crippen MR) is 119 cm³/mol. The van der Waals surface area contributed by atoms with Crippen molar-refractivity contribution >= 4 is 16.8 Å². The van der Waals surface area contributed by atoms with E-state index in [1.807, 2.05) is 6.07 Å². The monoisotopic (exact) mass is 458 g/mol. The minimum absolute atomic E-state index is 0.163. The first kappa shape index (κ1) is 21.5. The summed E-state index contributed by atoms with van der Waals surface area (Å²) in [6.07, 6.45) is 6.29. The molecule has 0 spiro atoms. The molecule has 170 valence electrons. The van der Waals surface area contributed by atoms with Gasteiger partial charge < -0.3 is 14.4 Å². The number of nitriles is 1. The maximum atomic E-state index is 14.1. The van der Waals surface area contributed by atoms with Gasteiger partial charge in [0.2, 0.25) is 0 Å². The molecule has 10 heteroatoms. The van der Waals surface area contributed by atoms with Gasteiger partial charge >= 0.3 is 0 Å². The topological polar surface area (TPSA) is 117 Å². The molecule has 0 atom stereocenters. The van der Waals surface area contributed by atoms with E-state index in [0.29, 0.717) is 42.3 Å². The Labute approximate surface area is 193 Å². The Morgan fingerprint density at radius 2 is 2.12 bits per heavy atom. The van der Waals surface area contributed by atoms with Crippen LogP contribution in [0.2, 0.25) is 0 Å². The maximum absolute atomic E-state index is 14.1. The number of rotatable bonds is 6. The summed E-state index contributed by atoms with van der Waals surface area (Å²) in [7, 11) is 1.68. The van der Waals surface area contributed by atoms with Crippen molar-refractivity contribution in [3.8, 4) is 23.1 Å². The molecule has 0 aliphatic carbocycles. The van der Waals surface area contributed by atoms with E-state index in [1.54, 1.807) is 36.6 Å². The molecule has 4 aromatic rings. The standard InChI is InChI=1S/C24H19FN6O3/c1-31(11-18-8-27-7-17-10-29-30-22(17)18)24(32)16-5-21(34-20-12-33-13-20)23(28-9-16)15-2-14(6-26)3-19(25)4-15/h2-5,7-10,20H,11-13H2,1H3,(H,29,30). The van der Waals surface area contributed by atoms with Crippen molar-refractivity contribution in [2.45, 2.75) is 12.6 Å². The second kappa shape index (κ2) is 8.88. The summed E-state index contributed by atoms with van der Waals surface area (Å²) in [6, 6.07) is 7.48. The molecular formula is C24H19FN6O3. The molecule has 3 aromatic heterocycles. The van der Waals surface area contributed by atoms with Gasteiger partial charge in [0.1, 0.15) is 23.4 Å². The second-order valence-electron chi connectivity index (χ2n) is 7.98. The normalized spacial score (nSPS) is 13.3. The lowest BCUT2D eigenvalue weighted by molar-refractivity contribution is -0.0795. The van der Waals surface area contributed by atoms with E-state index < -0.39 is 5.82 Å². The van der Waals surface area contributed by atoms with Crippen LogP contribution in [0.5, 0.6) is 5.75 Å². The van der Waals surface area contributed by atoms with Crippen LogP contribution in [0.3, 0.4) is 0 Å². The van der Waals surface area contributed by atoms with Gasteiger partial charge in [-0.05, 0) is 24.3 Å². The first-order chi connectivity index (χ1) is 16.5. The Morgan fingerprint density at radius 1 is 1.26 bits per heavy atom. The van der Waals surface area contributed by atoms with Crippen LogP contribution in [0.25, 0.3) is 22.2 Å². The number of benzene rings is 1. The Bertz CT molecular complexity index is 1430. The van der Waals surface area contributed by atoms with Gasteiger partial charge in [0.15, 0.2) is 0 Å². The van der Waals surface area contributed by atoms with Gasteiger partial charge in [0, 0.05) is 48.7 Å². The van der Waals surface area contributed by atoms with Crippen molar-refractivity contribution in [2.24, 2.45) is 0 Å². The van der Waals surface area contributed by atoms with Crippen LogP contribution in [-0.2, 0) is 11.3 Å². The van der Waals surface area contributed by atoms with Crippen LogP contribution in [0.15, 0.2) is 49.1 Å². The lowest BCUT2D eigenvalue weighted by atomic mass is 10.1. The van der Waals surface area contributed by atoms with Crippen molar-refractivity contribution in [1.82, 2.24) is 25.1 Å². The molecule has 1 saturated heterocycles. The Balaban J connectivity index is 1.46. The van der Waals surface area contributed by atoms with Gasteiger partial charge in [-0.3, -0.25) is 19.9 Å². The smallest absolute Gasteiger partial charge is 0.255 e. The molecule has 34 heavy (non-hydrogen) atoms. The molecule has 1 aromatic carbocycles. The highest BCUT2D eigenvalue weighted by molar-refractivity contribution is 5.95. The Kier molecular flexibility index (Phi) is 5.61. The molecule has 1 aliphatic rings. The molecule has 1 amide bonds. The lowest BCUT2D eigenvalue weighted by Gasteiger charge is -2.28. The number of pyridine rings is 2. The zero-order chi connectivity index (χ0) is 23.7. The molecule has 9 nitrogen and oxygen atoms in total. The molecule has 0 saturated carbocycles. The van der Waals surface area contributed by atoms with Crippen molar-refractivity contribution < 1.29 is 18.7 Å². The fraction of sp³-hybridized carbons (Fsp3) is 0.208. The molecule has 1 aliphatic heterocycles. The summed E-state index contributed by atoms with van der Waals surface area (Å²) < 4.78 is 25.2. The number of nitrogens with one attached hydrogen (secondary N) is 1. The van der Waals surface area contributed by atoms with E-state index in [-0.39, 0.29) is 17.6 Å². The molecule has 4 heterocycles. The fourth-order valence-electron chi connectivity index (χ4n) is 3.71. The van der Waals surface area contributed by atoms with E-state index in [1.165, 1.54) is 18.3 Å². The third-order valence-electron chi connectivity index (χ3n) is 5.49. The number of H-pyrrole nitrogens is 1. The number of halogens is 1. The number of carbonyl (C=O) groups excluding carboxylic acids is 1. The SMILES string of the molecule is CN(Cc1cncc2cn[nH]c12)C(=O)c1cnc(-c2cc(F)cc(C#N)c2)c(OC2COC2)c1. The average molecular weight is 458 g/mol. The second-order valence-corrected chi connectivity index (χ2v) is 7.98. The van der Waals surface area contributed by atoms with Gasteiger partial charge in [0.05, 0.1) is 42.1 Å². The summed E-state index contributed by atoms with van der Waals surface area (Å²) in [5.41, 5.74) is 2.84. The number of fused-ring (bicyclic) bond motifs is 1. The highest BCUT2D eigenvalue weighted by Crippen LogP contribution is 2.32. The van der Waals surface area contributed by atoms with Crippen LogP contribution >= 0.6 is 0 Å². The third kappa shape index (κ3) is 4.16. The average Bonchev–Trinajstić information content (AvgIpc) is 3.30. The van der Waals surface area contributed by atoms with E-state index in [4.69, 9.17) is 9.47 Å². The summed E-state index contributed by atoms with van der Waals surface area (Å²) in [4.78, 5) is 23.4. The number of hydrogen-bond acceptors (Lipinski definition) is 7.